The molecule has 3 rings (SSSR count). The largest absolute Gasteiger partial charge is 0.496 e. The molecule has 148 valence electrons. The van der Waals surface area contributed by atoms with Crippen LogP contribution in [0.1, 0.15) is 31.4 Å². The third-order valence-corrected chi connectivity index (χ3v) is 5.00. The van der Waals surface area contributed by atoms with E-state index in [9.17, 15) is 13.2 Å². The molecule has 3 aromatic carbocycles. The smallest absolute Gasteiger partial charge is 0.394 e. The molecule has 0 radical (unpaired) electrons. The van der Waals surface area contributed by atoms with Crippen LogP contribution in [0.25, 0.3) is 10.8 Å². The number of fused-ring (bicyclic) bond motifs is 1. The number of hydrogen-bond donors (Lipinski definition) is 1. The molecule has 0 heterocycles. The number of hydrogen-bond acceptors (Lipinski definition) is 2. The van der Waals surface area contributed by atoms with Gasteiger partial charge >= 0.3 is 6.18 Å². The Hall–Kier alpha value is -2.69. The lowest BCUT2D eigenvalue weighted by Crippen LogP contribution is -2.33. The Morgan fingerprint density at radius 1 is 0.929 bits per heavy atom. The summed E-state index contributed by atoms with van der Waals surface area (Å²) >= 11 is 0. The summed E-state index contributed by atoms with van der Waals surface area (Å²) in [4.78, 5) is 0. The van der Waals surface area contributed by atoms with Crippen molar-refractivity contribution in [1.29, 1.82) is 0 Å². The number of nitrogens with one attached hydrogen (secondary N) is 1. The minimum absolute atomic E-state index is 0.0317. The molecular weight excluding hydrogens is 363 g/mol. The first-order valence-corrected chi connectivity index (χ1v) is 9.39. The highest BCUT2D eigenvalue weighted by atomic mass is 19.4. The summed E-state index contributed by atoms with van der Waals surface area (Å²) in [5, 5.41) is 5.07. The lowest BCUT2D eigenvalue weighted by Gasteiger charge is -2.32. The van der Waals surface area contributed by atoms with Crippen LogP contribution in [-0.4, -0.2) is 13.3 Å². The first-order valence-electron chi connectivity index (χ1n) is 9.39. The maximum absolute atomic E-state index is 14.0. The van der Waals surface area contributed by atoms with Gasteiger partial charge in [0.2, 0.25) is 0 Å². The van der Waals surface area contributed by atoms with Gasteiger partial charge in [-0.05, 0) is 23.9 Å². The van der Waals surface area contributed by atoms with E-state index in [1.54, 1.807) is 31.2 Å². The van der Waals surface area contributed by atoms with Crippen LogP contribution >= 0.6 is 0 Å². The first kappa shape index (κ1) is 20.1. The van der Waals surface area contributed by atoms with Crippen molar-refractivity contribution >= 4 is 16.5 Å². The van der Waals surface area contributed by atoms with Gasteiger partial charge in [-0.3, -0.25) is 0 Å². The minimum Gasteiger partial charge on any atom is -0.496 e. The van der Waals surface area contributed by atoms with Crippen LogP contribution in [0.15, 0.2) is 66.7 Å². The molecule has 0 amide bonds. The highest BCUT2D eigenvalue weighted by Crippen LogP contribution is 2.44. The highest BCUT2D eigenvalue weighted by molar-refractivity contribution is 5.94. The molecule has 2 nitrogen and oxygen atoms in total. The van der Waals surface area contributed by atoms with Gasteiger partial charge in [-0.25, -0.2) is 0 Å². The Labute approximate surface area is 163 Å². The van der Waals surface area contributed by atoms with E-state index in [2.05, 4.69) is 5.32 Å². The number of halogens is 3. The van der Waals surface area contributed by atoms with Crippen LogP contribution in [-0.2, 0) is 0 Å². The van der Waals surface area contributed by atoms with Crippen molar-refractivity contribution in [3.63, 3.8) is 0 Å². The molecule has 0 aliphatic rings. The van der Waals surface area contributed by atoms with Crippen LogP contribution in [0.2, 0.25) is 0 Å². The molecule has 0 saturated heterocycles. The monoisotopic (exact) mass is 387 g/mol. The molecule has 0 aromatic heterocycles. The predicted octanol–water partition coefficient (Wildman–Crippen LogP) is 6.98. The standard InChI is InChI=1S/C23H24F3NO/c1-3-9-19(23(24,25)26)22(18-13-6-7-15-21(18)28-2)27-20-14-8-11-16-10-4-5-12-17(16)20/h4-8,10-15,19,22,27H,3,9H2,1-2H3. The summed E-state index contributed by atoms with van der Waals surface area (Å²) in [6, 6.07) is 19.3. The summed E-state index contributed by atoms with van der Waals surface area (Å²) in [5.41, 5.74) is 1.19. The zero-order valence-corrected chi connectivity index (χ0v) is 16.0. The number of ether oxygens (including phenoxy) is 1. The van der Waals surface area contributed by atoms with E-state index in [4.69, 9.17) is 4.74 Å². The van der Waals surface area contributed by atoms with Gasteiger partial charge in [0.25, 0.3) is 0 Å². The van der Waals surface area contributed by atoms with Crippen LogP contribution in [0, 0.1) is 5.92 Å². The Balaban J connectivity index is 2.12. The molecule has 28 heavy (non-hydrogen) atoms. The van der Waals surface area contributed by atoms with Crippen molar-refractivity contribution in [2.75, 3.05) is 12.4 Å². The van der Waals surface area contributed by atoms with E-state index in [0.29, 0.717) is 23.4 Å². The van der Waals surface area contributed by atoms with Crippen LogP contribution in [0.4, 0.5) is 18.9 Å². The van der Waals surface area contributed by atoms with Gasteiger partial charge in [0, 0.05) is 16.6 Å². The summed E-state index contributed by atoms with van der Waals surface area (Å²) in [7, 11) is 1.48. The number of methoxy groups -OCH3 is 1. The Kier molecular flexibility index (Phi) is 6.12. The maximum Gasteiger partial charge on any atom is 0.394 e. The predicted molar refractivity (Wildman–Crippen MR) is 108 cm³/mol. The average Bonchev–Trinajstić information content (AvgIpc) is 2.70. The van der Waals surface area contributed by atoms with Crippen molar-refractivity contribution in [3.05, 3.63) is 72.3 Å². The van der Waals surface area contributed by atoms with E-state index in [0.717, 1.165) is 10.8 Å². The Morgan fingerprint density at radius 2 is 1.61 bits per heavy atom. The fourth-order valence-corrected chi connectivity index (χ4v) is 3.67. The molecule has 2 atom stereocenters. The number of para-hydroxylation sites is 1. The van der Waals surface area contributed by atoms with Gasteiger partial charge in [0.1, 0.15) is 5.75 Å². The number of rotatable bonds is 7. The van der Waals surface area contributed by atoms with Crippen molar-refractivity contribution in [1.82, 2.24) is 0 Å². The minimum atomic E-state index is -4.33. The van der Waals surface area contributed by atoms with Gasteiger partial charge < -0.3 is 10.1 Å². The lowest BCUT2D eigenvalue weighted by molar-refractivity contribution is -0.181. The van der Waals surface area contributed by atoms with Crippen molar-refractivity contribution < 1.29 is 17.9 Å². The van der Waals surface area contributed by atoms with Crippen molar-refractivity contribution in [2.24, 2.45) is 5.92 Å². The van der Waals surface area contributed by atoms with Gasteiger partial charge in [0.15, 0.2) is 0 Å². The zero-order chi connectivity index (χ0) is 20.1. The Morgan fingerprint density at radius 3 is 2.32 bits per heavy atom. The number of alkyl halides is 3. The van der Waals surface area contributed by atoms with Crippen LogP contribution in [0.5, 0.6) is 5.75 Å². The second kappa shape index (κ2) is 8.55. The molecule has 2 unspecified atom stereocenters. The third-order valence-electron chi connectivity index (χ3n) is 5.00. The molecule has 0 aliphatic heterocycles. The van der Waals surface area contributed by atoms with Crippen molar-refractivity contribution in [3.8, 4) is 5.75 Å². The first-order chi connectivity index (χ1) is 13.5. The molecule has 0 spiro atoms. The molecule has 0 saturated carbocycles. The summed E-state index contributed by atoms with van der Waals surface area (Å²) < 4.78 is 47.4. The lowest BCUT2D eigenvalue weighted by atomic mass is 9.87. The third kappa shape index (κ3) is 4.24. The molecule has 3 aromatic rings. The average molecular weight is 387 g/mol. The van der Waals surface area contributed by atoms with E-state index in [1.165, 1.54) is 7.11 Å². The molecular formula is C23H24F3NO. The SMILES string of the molecule is CCCC(C(Nc1cccc2ccccc12)c1ccccc1OC)C(F)(F)F. The van der Waals surface area contributed by atoms with Gasteiger partial charge in [-0.1, -0.05) is 67.9 Å². The van der Waals surface area contributed by atoms with Gasteiger partial charge in [0.05, 0.1) is 19.1 Å². The second-order valence-corrected chi connectivity index (χ2v) is 6.83. The van der Waals surface area contributed by atoms with Gasteiger partial charge in [-0.15, -0.1) is 0 Å². The maximum atomic E-state index is 14.0. The van der Waals surface area contributed by atoms with Crippen molar-refractivity contribution in [2.45, 2.75) is 32.0 Å². The number of anilines is 1. The van der Waals surface area contributed by atoms with Crippen LogP contribution in [0.3, 0.4) is 0 Å². The molecule has 1 N–H and O–H groups in total. The quantitative estimate of drug-likeness (QED) is 0.472. The van der Waals surface area contributed by atoms with Crippen LogP contribution < -0.4 is 10.1 Å². The van der Waals surface area contributed by atoms with Gasteiger partial charge in [-0.2, -0.15) is 13.2 Å². The zero-order valence-electron chi connectivity index (χ0n) is 16.0. The summed E-state index contributed by atoms with van der Waals surface area (Å²) in [6.45, 7) is 1.77. The highest BCUT2D eigenvalue weighted by Gasteiger charge is 2.45. The number of benzene rings is 3. The Bertz CT molecular complexity index is 918. The fraction of sp³-hybridized carbons (Fsp3) is 0.304. The fourth-order valence-electron chi connectivity index (χ4n) is 3.67. The molecule has 0 bridgehead atoms. The normalized spacial score (nSPS) is 13.9. The van der Waals surface area contributed by atoms with E-state index in [1.807, 2.05) is 42.5 Å². The molecule has 0 fully saturated rings. The van der Waals surface area contributed by atoms with E-state index < -0.39 is 18.1 Å². The topological polar surface area (TPSA) is 21.3 Å². The van der Waals surface area contributed by atoms with E-state index in [-0.39, 0.29) is 6.42 Å². The summed E-state index contributed by atoms with van der Waals surface area (Å²) in [5.74, 6) is -1.08. The molecule has 5 heteroatoms. The van der Waals surface area contributed by atoms with E-state index >= 15 is 0 Å². The second-order valence-electron chi connectivity index (χ2n) is 6.83. The molecule has 0 aliphatic carbocycles. The summed E-state index contributed by atoms with van der Waals surface area (Å²) in [6.07, 6.45) is -3.86.